The minimum absolute atomic E-state index is 0.124. The number of aromatic nitrogens is 1. The first-order valence-corrected chi connectivity index (χ1v) is 10.0. The third kappa shape index (κ3) is 2.70. The number of carbonyl (C=O) groups is 1. The number of H-pyrrole nitrogens is 1. The van der Waals surface area contributed by atoms with Gasteiger partial charge in [0.2, 0.25) is 0 Å². The van der Waals surface area contributed by atoms with Crippen molar-refractivity contribution in [2.75, 3.05) is 20.2 Å². The standard InChI is InChI=1S/C22H26N2O4/c1-12-18-10-24-7-6-16-15-5-4-14(26-3)8-19(15)23-22(16)20(24)9-17(18)21(11-27-12)28-13(2)25/h4-5,8,11-12,17-18,20,23H,6-7,9-10H2,1-3H3. The van der Waals surface area contributed by atoms with Crippen LogP contribution in [0.1, 0.15) is 37.6 Å². The SMILES string of the molecule is COc1ccc2c3c([nH]c2c1)C1CC2C(OC(C)=O)=COC(C)C2CN1CC3. The van der Waals surface area contributed by atoms with E-state index in [1.54, 1.807) is 13.4 Å². The summed E-state index contributed by atoms with van der Waals surface area (Å²) in [5.41, 5.74) is 3.84. The quantitative estimate of drug-likeness (QED) is 0.805. The van der Waals surface area contributed by atoms with Crippen LogP contribution in [0.2, 0.25) is 0 Å². The van der Waals surface area contributed by atoms with E-state index < -0.39 is 0 Å². The first-order chi connectivity index (χ1) is 13.5. The Hall–Kier alpha value is -2.47. The van der Waals surface area contributed by atoms with Crippen LogP contribution in [0.3, 0.4) is 0 Å². The molecule has 6 heteroatoms. The highest BCUT2D eigenvalue weighted by Crippen LogP contribution is 2.47. The highest BCUT2D eigenvalue weighted by atomic mass is 16.6. The molecule has 28 heavy (non-hydrogen) atoms. The van der Waals surface area contributed by atoms with Crippen LogP contribution in [0.5, 0.6) is 5.75 Å². The molecule has 5 rings (SSSR count). The number of nitrogens with zero attached hydrogens (tertiary/aromatic N) is 1. The Morgan fingerprint density at radius 1 is 1.36 bits per heavy atom. The fourth-order valence-electron chi connectivity index (χ4n) is 5.26. The van der Waals surface area contributed by atoms with Crippen molar-refractivity contribution in [2.24, 2.45) is 11.8 Å². The van der Waals surface area contributed by atoms with Gasteiger partial charge in [0.05, 0.1) is 19.3 Å². The molecule has 4 heterocycles. The average Bonchev–Trinajstić information content (AvgIpc) is 3.07. The van der Waals surface area contributed by atoms with Crippen LogP contribution in [0.15, 0.2) is 30.2 Å². The summed E-state index contributed by atoms with van der Waals surface area (Å²) in [4.78, 5) is 17.8. The molecule has 0 amide bonds. The van der Waals surface area contributed by atoms with Gasteiger partial charge >= 0.3 is 5.97 Å². The second-order valence-corrected chi connectivity index (χ2v) is 8.15. The number of allylic oxidation sites excluding steroid dienone is 1. The summed E-state index contributed by atoms with van der Waals surface area (Å²) in [5, 5.41) is 1.29. The van der Waals surface area contributed by atoms with Crippen molar-refractivity contribution in [3.8, 4) is 5.75 Å². The molecule has 1 aromatic carbocycles. The van der Waals surface area contributed by atoms with E-state index in [1.807, 2.05) is 6.07 Å². The van der Waals surface area contributed by atoms with Gasteiger partial charge in [-0.15, -0.1) is 0 Å². The summed E-state index contributed by atoms with van der Waals surface area (Å²) < 4.78 is 16.7. The van der Waals surface area contributed by atoms with E-state index in [2.05, 4.69) is 28.9 Å². The van der Waals surface area contributed by atoms with Gasteiger partial charge in [0.15, 0.2) is 0 Å². The maximum absolute atomic E-state index is 11.6. The molecule has 1 N–H and O–H groups in total. The summed E-state index contributed by atoms with van der Waals surface area (Å²) in [7, 11) is 1.70. The average molecular weight is 382 g/mol. The van der Waals surface area contributed by atoms with Gasteiger partial charge in [0, 0.05) is 54.5 Å². The first kappa shape index (κ1) is 17.6. The number of piperidine rings is 1. The fraction of sp³-hybridized carbons (Fsp3) is 0.500. The number of ether oxygens (including phenoxy) is 3. The molecule has 1 saturated heterocycles. The maximum atomic E-state index is 11.6. The van der Waals surface area contributed by atoms with Crippen LogP contribution < -0.4 is 4.74 Å². The first-order valence-electron chi connectivity index (χ1n) is 10.0. The van der Waals surface area contributed by atoms with Gasteiger partial charge in [0.25, 0.3) is 0 Å². The lowest BCUT2D eigenvalue weighted by molar-refractivity contribution is -0.141. The van der Waals surface area contributed by atoms with Gasteiger partial charge in [-0.1, -0.05) is 0 Å². The molecule has 0 spiro atoms. The largest absolute Gasteiger partial charge is 0.497 e. The van der Waals surface area contributed by atoms with Crippen LogP contribution in [0, 0.1) is 11.8 Å². The monoisotopic (exact) mass is 382 g/mol. The topological polar surface area (TPSA) is 63.8 Å². The smallest absolute Gasteiger partial charge is 0.307 e. The lowest BCUT2D eigenvalue weighted by atomic mass is 9.74. The number of fused-ring (bicyclic) bond motifs is 6. The lowest BCUT2D eigenvalue weighted by Crippen LogP contribution is -2.51. The van der Waals surface area contributed by atoms with E-state index >= 15 is 0 Å². The van der Waals surface area contributed by atoms with Crippen LogP contribution in [0.25, 0.3) is 10.9 Å². The molecular formula is C22H26N2O4. The third-order valence-corrected chi connectivity index (χ3v) is 6.64. The molecule has 0 bridgehead atoms. The Labute approximate surface area is 164 Å². The molecule has 148 valence electrons. The van der Waals surface area contributed by atoms with Crippen molar-refractivity contribution in [2.45, 2.75) is 38.8 Å². The Bertz CT molecular complexity index is 963. The lowest BCUT2D eigenvalue weighted by Gasteiger charge is -2.49. The summed E-state index contributed by atoms with van der Waals surface area (Å²) >= 11 is 0. The minimum Gasteiger partial charge on any atom is -0.497 e. The normalized spacial score (nSPS) is 29.2. The summed E-state index contributed by atoms with van der Waals surface area (Å²) in [5.74, 6) is 1.79. The highest BCUT2D eigenvalue weighted by molar-refractivity contribution is 5.86. The van der Waals surface area contributed by atoms with Crippen LogP contribution in [-0.4, -0.2) is 42.2 Å². The van der Waals surface area contributed by atoms with Gasteiger partial charge < -0.3 is 19.2 Å². The zero-order valence-corrected chi connectivity index (χ0v) is 16.5. The molecule has 3 aliphatic rings. The van der Waals surface area contributed by atoms with E-state index in [1.165, 1.54) is 23.6 Å². The fourth-order valence-corrected chi connectivity index (χ4v) is 5.26. The number of hydrogen-bond acceptors (Lipinski definition) is 5. The van der Waals surface area contributed by atoms with Crippen molar-refractivity contribution in [3.63, 3.8) is 0 Å². The van der Waals surface area contributed by atoms with Gasteiger partial charge in [-0.3, -0.25) is 9.69 Å². The second kappa shape index (κ2) is 6.55. The van der Waals surface area contributed by atoms with Crippen LogP contribution in [0.4, 0.5) is 0 Å². The van der Waals surface area contributed by atoms with Crippen molar-refractivity contribution in [3.05, 3.63) is 41.5 Å². The number of aromatic amines is 1. The number of methoxy groups -OCH3 is 1. The zero-order chi connectivity index (χ0) is 19.4. The number of nitrogens with one attached hydrogen (secondary N) is 1. The molecule has 4 unspecified atom stereocenters. The van der Waals surface area contributed by atoms with Gasteiger partial charge in [-0.25, -0.2) is 0 Å². The molecule has 1 fully saturated rings. The van der Waals surface area contributed by atoms with Crippen LogP contribution in [-0.2, 0) is 20.7 Å². The molecule has 1 aromatic heterocycles. The second-order valence-electron chi connectivity index (χ2n) is 8.15. The van der Waals surface area contributed by atoms with Gasteiger partial charge in [-0.05, 0) is 37.5 Å². The van der Waals surface area contributed by atoms with Crippen molar-refractivity contribution in [1.29, 1.82) is 0 Å². The molecular weight excluding hydrogens is 356 g/mol. The van der Waals surface area contributed by atoms with Crippen molar-refractivity contribution in [1.82, 2.24) is 9.88 Å². The molecule has 4 atom stereocenters. The maximum Gasteiger partial charge on any atom is 0.307 e. The van der Waals surface area contributed by atoms with Crippen molar-refractivity contribution >= 4 is 16.9 Å². The summed E-state index contributed by atoms with van der Waals surface area (Å²) in [6, 6.07) is 6.56. The van der Waals surface area contributed by atoms with Gasteiger partial charge in [-0.2, -0.15) is 0 Å². The Morgan fingerprint density at radius 2 is 2.21 bits per heavy atom. The predicted molar refractivity (Wildman–Crippen MR) is 105 cm³/mol. The molecule has 6 nitrogen and oxygen atoms in total. The highest BCUT2D eigenvalue weighted by Gasteiger charge is 2.46. The number of rotatable bonds is 2. The van der Waals surface area contributed by atoms with E-state index in [-0.39, 0.29) is 18.0 Å². The van der Waals surface area contributed by atoms with E-state index in [0.717, 1.165) is 37.2 Å². The molecule has 0 saturated carbocycles. The predicted octanol–water partition coefficient (Wildman–Crippen LogP) is 3.54. The number of hydrogen-bond donors (Lipinski definition) is 1. The Kier molecular flexibility index (Phi) is 4.12. The number of esters is 1. The Balaban J connectivity index is 1.52. The zero-order valence-electron chi connectivity index (χ0n) is 16.5. The molecule has 0 aliphatic carbocycles. The van der Waals surface area contributed by atoms with Gasteiger partial charge in [0.1, 0.15) is 17.8 Å². The Morgan fingerprint density at radius 3 is 3.00 bits per heavy atom. The number of benzene rings is 1. The summed E-state index contributed by atoms with van der Waals surface area (Å²) in [6.07, 6.45) is 3.74. The molecule has 0 radical (unpaired) electrons. The van der Waals surface area contributed by atoms with Crippen molar-refractivity contribution < 1.29 is 19.0 Å². The third-order valence-electron chi connectivity index (χ3n) is 6.64. The molecule has 3 aliphatic heterocycles. The van der Waals surface area contributed by atoms with E-state index in [4.69, 9.17) is 14.2 Å². The minimum atomic E-state index is -0.285. The van der Waals surface area contributed by atoms with E-state index in [0.29, 0.717) is 17.7 Å². The molecule has 2 aromatic rings. The van der Waals surface area contributed by atoms with E-state index in [9.17, 15) is 4.79 Å². The number of carbonyl (C=O) groups excluding carboxylic acids is 1. The summed E-state index contributed by atoms with van der Waals surface area (Å²) in [6.45, 7) is 5.56. The van der Waals surface area contributed by atoms with Crippen LogP contribution >= 0.6 is 0 Å².